The Morgan fingerprint density at radius 2 is 1.72 bits per heavy atom. The minimum absolute atomic E-state index is 0.120. The van der Waals surface area contributed by atoms with Gasteiger partial charge in [0.1, 0.15) is 5.82 Å². The smallest absolute Gasteiger partial charge is 0.310 e. The van der Waals surface area contributed by atoms with Crippen LogP contribution in [0.2, 0.25) is 0 Å². The fourth-order valence-electron chi connectivity index (χ4n) is 3.31. The van der Waals surface area contributed by atoms with Crippen molar-refractivity contribution >= 4 is 0 Å². The Morgan fingerprint density at radius 3 is 2.41 bits per heavy atom. The number of benzene rings is 2. The second-order valence-electron chi connectivity index (χ2n) is 6.80. The summed E-state index contributed by atoms with van der Waals surface area (Å²) in [6.07, 6.45) is 2.28. The first kappa shape index (κ1) is 18.6. The van der Waals surface area contributed by atoms with E-state index in [1.165, 1.54) is 0 Å². The van der Waals surface area contributed by atoms with Gasteiger partial charge in [0.2, 0.25) is 0 Å². The average Bonchev–Trinajstić information content (AvgIpc) is 3.15. The molecule has 0 aliphatic heterocycles. The van der Waals surface area contributed by atoms with Gasteiger partial charge in [0, 0.05) is 23.7 Å². The maximum absolute atomic E-state index is 11.9. The molecule has 4 aromatic rings. The van der Waals surface area contributed by atoms with Crippen LogP contribution in [0.1, 0.15) is 30.4 Å². The molecule has 2 aromatic carbocycles. The summed E-state index contributed by atoms with van der Waals surface area (Å²) < 4.78 is 4.63. The van der Waals surface area contributed by atoms with Crippen LogP contribution in [0.4, 0.5) is 0 Å². The molecule has 4 rings (SSSR count). The highest BCUT2D eigenvalue weighted by molar-refractivity contribution is 5.80. The molecule has 29 heavy (non-hydrogen) atoms. The molecule has 0 aliphatic rings. The fraction of sp³-hybridized carbons (Fsp3) is 0.182. The van der Waals surface area contributed by atoms with Gasteiger partial charge in [-0.1, -0.05) is 67.0 Å². The normalized spacial score (nSPS) is 10.9. The molecule has 0 bridgehead atoms. The van der Waals surface area contributed by atoms with Crippen molar-refractivity contribution in [1.29, 1.82) is 0 Å². The van der Waals surface area contributed by atoms with E-state index in [0.717, 1.165) is 40.8 Å². The maximum Gasteiger partial charge on any atom is 0.439 e. The molecule has 0 fully saturated rings. The Bertz CT molecular complexity index is 1240. The number of hydrogen-bond acceptors (Lipinski definition) is 5. The molecule has 7 heteroatoms. The molecule has 2 aromatic heterocycles. The SMILES string of the molecule is CCCc1cc(=O)[nH]c(Cc2ccc(-c3ccccc3-c3noc(=O)[nH]3)cc2)n1. The quantitative estimate of drug-likeness (QED) is 0.527. The number of nitrogens with zero attached hydrogens (tertiary/aromatic N) is 2. The average molecular weight is 388 g/mol. The summed E-state index contributed by atoms with van der Waals surface area (Å²) in [6.45, 7) is 2.06. The van der Waals surface area contributed by atoms with Crippen molar-refractivity contribution in [2.24, 2.45) is 0 Å². The van der Waals surface area contributed by atoms with Crippen molar-refractivity contribution in [1.82, 2.24) is 20.1 Å². The molecule has 0 spiro atoms. The molecule has 0 saturated heterocycles. The highest BCUT2D eigenvalue weighted by Crippen LogP contribution is 2.29. The maximum atomic E-state index is 11.9. The number of nitrogens with one attached hydrogen (secondary N) is 2. The van der Waals surface area contributed by atoms with E-state index in [1.54, 1.807) is 6.07 Å². The minimum Gasteiger partial charge on any atom is -0.310 e. The standard InChI is InChI=1S/C22H20N4O3/c1-2-5-16-13-20(27)24-19(23-16)12-14-8-10-15(11-9-14)17-6-3-4-7-18(17)21-25-22(28)29-26-21/h3-4,6-11,13H,2,5,12H2,1H3,(H,23,24,27)(H,25,26,28). The lowest BCUT2D eigenvalue weighted by molar-refractivity contribution is 0.388. The van der Waals surface area contributed by atoms with Crippen molar-refractivity contribution in [3.8, 4) is 22.5 Å². The van der Waals surface area contributed by atoms with Gasteiger partial charge in [0.25, 0.3) is 5.56 Å². The summed E-state index contributed by atoms with van der Waals surface area (Å²) in [6, 6.07) is 17.2. The first-order valence-electron chi connectivity index (χ1n) is 9.46. The van der Waals surface area contributed by atoms with Crippen LogP contribution in [0, 0.1) is 0 Å². The van der Waals surface area contributed by atoms with Crippen molar-refractivity contribution in [2.75, 3.05) is 0 Å². The summed E-state index contributed by atoms with van der Waals surface area (Å²) in [5.41, 5.74) is 4.43. The second-order valence-corrected chi connectivity index (χ2v) is 6.80. The lowest BCUT2D eigenvalue weighted by Crippen LogP contribution is -2.13. The fourth-order valence-corrected chi connectivity index (χ4v) is 3.31. The third kappa shape index (κ3) is 4.24. The largest absolute Gasteiger partial charge is 0.439 e. The topological polar surface area (TPSA) is 105 Å². The van der Waals surface area contributed by atoms with E-state index in [4.69, 9.17) is 0 Å². The lowest BCUT2D eigenvalue weighted by atomic mass is 9.97. The Morgan fingerprint density at radius 1 is 0.966 bits per heavy atom. The Kier molecular flexibility index (Phi) is 5.20. The van der Waals surface area contributed by atoms with Crippen LogP contribution >= 0.6 is 0 Å². The minimum atomic E-state index is -0.586. The Labute approximate surface area is 166 Å². The molecule has 7 nitrogen and oxygen atoms in total. The predicted molar refractivity (Wildman–Crippen MR) is 110 cm³/mol. The number of aryl methyl sites for hydroxylation is 1. The van der Waals surface area contributed by atoms with Gasteiger partial charge in [0.15, 0.2) is 5.82 Å². The van der Waals surface area contributed by atoms with Crippen LogP contribution in [-0.2, 0) is 12.8 Å². The summed E-state index contributed by atoms with van der Waals surface area (Å²) in [5, 5.41) is 3.79. The van der Waals surface area contributed by atoms with Gasteiger partial charge in [-0.2, -0.15) is 0 Å². The summed E-state index contributed by atoms with van der Waals surface area (Å²) in [4.78, 5) is 33.1. The molecular formula is C22H20N4O3. The third-order valence-electron chi connectivity index (χ3n) is 4.61. The number of aromatic nitrogens is 4. The first-order chi connectivity index (χ1) is 14.1. The van der Waals surface area contributed by atoms with Crippen molar-refractivity contribution in [2.45, 2.75) is 26.2 Å². The highest BCUT2D eigenvalue weighted by Gasteiger charge is 2.11. The van der Waals surface area contributed by atoms with E-state index in [-0.39, 0.29) is 5.56 Å². The van der Waals surface area contributed by atoms with Crippen LogP contribution in [-0.4, -0.2) is 20.1 Å². The van der Waals surface area contributed by atoms with Crippen LogP contribution in [0.25, 0.3) is 22.5 Å². The van der Waals surface area contributed by atoms with Gasteiger partial charge in [-0.3, -0.25) is 14.3 Å². The zero-order valence-electron chi connectivity index (χ0n) is 15.9. The Balaban J connectivity index is 1.61. The summed E-state index contributed by atoms with van der Waals surface area (Å²) in [7, 11) is 0. The van der Waals surface area contributed by atoms with Crippen LogP contribution in [0.3, 0.4) is 0 Å². The Hall–Kier alpha value is -3.74. The molecule has 0 aliphatic carbocycles. The molecule has 0 unspecified atom stereocenters. The molecule has 146 valence electrons. The molecule has 2 heterocycles. The predicted octanol–water partition coefficient (Wildman–Crippen LogP) is 3.32. The van der Waals surface area contributed by atoms with Gasteiger partial charge >= 0.3 is 5.76 Å². The number of aromatic amines is 2. The molecule has 0 atom stereocenters. The van der Waals surface area contributed by atoms with Crippen LogP contribution in [0.5, 0.6) is 0 Å². The van der Waals surface area contributed by atoms with Gasteiger partial charge in [-0.25, -0.2) is 9.78 Å². The van der Waals surface area contributed by atoms with E-state index in [2.05, 4.69) is 31.6 Å². The van der Waals surface area contributed by atoms with Crippen molar-refractivity contribution in [3.63, 3.8) is 0 Å². The van der Waals surface area contributed by atoms with Crippen LogP contribution < -0.4 is 11.3 Å². The lowest BCUT2D eigenvalue weighted by Gasteiger charge is -2.08. The van der Waals surface area contributed by atoms with Gasteiger partial charge in [0.05, 0.1) is 0 Å². The highest BCUT2D eigenvalue weighted by atomic mass is 16.5. The molecule has 0 saturated carbocycles. The third-order valence-corrected chi connectivity index (χ3v) is 4.61. The molecule has 0 radical (unpaired) electrons. The van der Waals surface area contributed by atoms with Crippen molar-refractivity contribution in [3.05, 3.63) is 92.6 Å². The monoisotopic (exact) mass is 388 g/mol. The van der Waals surface area contributed by atoms with E-state index in [1.807, 2.05) is 48.5 Å². The van der Waals surface area contributed by atoms with Gasteiger partial charge in [-0.05, 0) is 23.1 Å². The van der Waals surface area contributed by atoms with Gasteiger partial charge in [-0.15, -0.1) is 0 Å². The molecule has 0 amide bonds. The summed E-state index contributed by atoms with van der Waals surface area (Å²) in [5.74, 6) is 0.468. The molecule has 2 N–H and O–H groups in total. The number of hydrogen-bond donors (Lipinski definition) is 2. The summed E-state index contributed by atoms with van der Waals surface area (Å²) >= 11 is 0. The zero-order valence-corrected chi connectivity index (χ0v) is 15.9. The zero-order chi connectivity index (χ0) is 20.2. The van der Waals surface area contributed by atoms with E-state index in [9.17, 15) is 9.59 Å². The van der Waals surface area contributed by atoms with Gasteiger partial charge < -0.3 is 4.98 Å². The molecular weight excluding hydrogens is 368 g/mol. The number of H-pyrrole nitrogens is 2. The van der Waals surface area contributed by atoms with E-state index in [0.29, 0.717) is 18.1 Å². The number of rotatable bonds is 6. The first-order valence-corrected chi connectivity index (χ1v) is 9.46. The second kappa shape index (κ2) is 8.10. The van der Waals surface area contributed by atoms with E-state index >= 15 is 0 Å². The van der Waals surface area contributed by atoms with Crippen LogP contribution in [0.15, 0.2) is 68.7 Å². The van der Waals surface area contributed by atoms with Crippen molar-refractivity contribution < 1.29 is 4.52 Å². The van der Waals surface area contributed by atoms with E-state index < -0.39 is 5.76 Å².